The molecule has 1 aliphatic heterocycles. The Labute approximate surface area is 157 Å². The normalized spacial score (nSPS) is 29.0. The molecule has 0 spiro atoms. The number of anilines is 1. The number of benzene rings is 1. The van der Waals surface area contributed by atoms with E-state index in [0.29, 0.717) is 24.9 Å². The molecular weight excluding hydrogens is 348 g/mol. The van der Waals surface area contributed by atoms with Gasteiger partial charge in [-0.15, -0.1) is 0 Å². The van der Waals surface area contributed by atoms with Gasteiger partial charge in [0.2, 0.25) is 17.7 Å². The Morgan fingerprint density at radius 3 is 2.30 bits per heavy atom. The molecule has 0 aromatic heterocycles. The van der Waals surface area contributed by atoms with Gasteiger partial charge in [0.15, 0.2) is 0 Å². The van der Waals surface area contributed by atoms with Crippen molar-refractivity contribution < 1.29 is 24.3 Å². The van der Waals surface area contributed by atoms with Crippen LogP contribution in [0.5, 0.6) is 0 Å². The zero-order valence-electron chi connectivity index (χ0n) is 15.7. The predicted molar refractivity (Wildman–Crippen MR) is 97.8 cm³/mol. The fourth-order valence-electron chi connectivity index (χ4n) is 4.25. The Morgan fingerprint density at radius 1 is 1.19 bits per heavy atom. The van der Waals surface area contributed by atoms with Crippen LogP contribution in [0.3, 0.4) is 0 Å². The molecule has 2 aliphatic rings. The van der Waals surface area contributed by atoms with Crippen LogP contribution in [0.2, 0.25) is 0 Å². The number of nitrogens with one attached hydrogen (secondary N) is 2. The second kappa shape index (κ2) is 6.48. The van der Waals surface area contributed by atoms with Crippen LogP contribution >= 0.6 is 0 Å². The van der Waals surface area contributed by atoms with Crippen LogP contribution in [-0.2, 0) is 24.6 Å². The van der Waals surface area contributed by atoms with Gasteiger partial charge < -0.3 is 10.4 Å². The summed E-state index contributed by atoms with van der Waals surface area (Å²) in [5.41, 5.74) is 0.0374. The number of amides is 3. The molecule has 3 atom stereocenters. The number of rotatable bonds is 5. The van der Waals surface area contributed by atoms with Crippen molar-refractivity contribution in [3.63, 3.8) is 0 Å². The molecule has 0 bridgehead atoms. The van der Waals surface area contributed by atoms with Crippen LogP contribution in [0.1, 0.15) is 45.6 Å². The molecule has 7 nitrogen and oxygen atoms in total. The number of hydrogen-bond acceptors (Lipinski definition) is 4. The molecule has 1 aromatic rings. The van der Waals surface area contributed by atoms with Gasteiger partial charge in [0.25, 0.3) is 0 Å². The van der Waals surface area contributed by atoms with Crippen molar-refractivity contribution in [3.05, 3.63) is 29.8 Å². The lowest BCUT2D eigenvalue weighted by Crippen LogP contribution is -2.51. The first-order valence-corrected chi connectivity index (χ1v) is 9.12. The van der Waals surface area contributed by atoms with Crippen LogP contribution in [0.15, 0.2) is 24.3 Å². The van der Waals surface area contributed by atoms with E-state index < -0.39 is 28.6 Å². The molecule has 1 aromatic carbocycles. The zero-order valence-corrected chi connectivity index (χ0v) is 15.7. The number of piperidine rings is 1. The van der Waals surface area contributed by atoms with Gasteiger partial charge in [-0.1, -0.05) is 32.9 Å². The fraction of sp³-hybridized carbons (Fsp3) is 0.500. The van der Waals surface area contributed by atoms with Gasteiger partial charge in [-0.25, -0.2) is 0 Å². The number of imide groups is 1. The number of carbonyl (C=O) groups is 4. The van der Waals surface area contributed by atoms with E-state index in [4.69, 9.17) is 0 Å². The minimum Gasteiger partial charge on any atom is -0.481 e. The summed E-state index contributed by atoms with van der Waals surface area (Å²) >= 11 is 0. The topological polar surface area (TPSA) is 113 Å². The molecule has 0 radical (unpaired) electrons. The van der Waals surface area contributed by atoms with Gasteiger partial charge in [0.05, 0.1) is 17.3 Å². The van der Waals surface area contributed by atoms with Crippen molar-refractivity contribution in [3.8, 4) is 0 Å². The second-order valence-electron chi connectivity index (χ2n) is 7.99. The predicted octanol–water partition coefficient (Wildman–Crippen LogP) is 2.07. The summed E-state index contributed by atoms with van der Waals surface area (Å²) in [7, 11) is 0. The van der Waals surface area contributed by atoms with Crippen molar-refractivity contribution in [2.75, 3.05) is 5.32 Å². The Morgan fingerprint density at radius 2 is 1.81 bits per heavy atom. The van der Waals surface area contributed by atoms with Crippen LogP contribution < -0.4 is 10.6 Å². The van der Waals surface area contributed by atoms with Gasteiger partial charge in [0.1, 0.15) is 0 Å². The summed E-state index contributed by atoms with van der Waals surface area (Å²) < 4.78 is 0. The van der Waals surface area contributed by atoms with Crippen molar-refractivity contribution in [1.29, 1.82) is 0 Å². The molecule has 1 saturated heterocycles. The monoisotopic (exact) mass is 372 g/mol. The smallest absolute Gasteiger partial charge is 0.307 e. The Bertz CT molecular complexity index is 814. The maximum Gasteiger partial charge on any atom is 0.307 e. The third-order valence-corrected chi connectivity index (χ3v) is 6.15. The number of hydrogen-bond donors (Lipinski definition) is 3. The number of carbonyl (C=O) groups excluding carboxylic acids is 3. The van der Waals surface area contributed by atoms with Gasteiger partial charge >= 0.3 is 5.97 Å². The average molecular weight is 372 g/mol. The third-order valence-electron chi connectivity index (χ3n) is 6.15. The molecule has 2 fully saturated rings. The number of carboxylic acids is 1. The standard InChI is InChI=1S/C20H24N2O5/c1-4-20(10-9-13(23)22-18(20)27)11-5-7-12(8-6-11)21-16(24)14-15(17(25)26)19(14,2)3/h5-8,14-15H,4,9-10H2,1-3H3,(H,21,24)(H,25,26)(H,22,23,27)/t14-,15-,20+/m0/s1. The molecule has 3 rings (SSSR count). The van der Waals surface area contributed by atoms with Gasteiger partial charge in [-0.3, -0.25) is 24.5 Å². The van der Waals surface area contributed by atoms with E-state index in [1.54, 1.807) is 38.1 Å². The minimum absolute atomic E-state index is 0.256. The van der Waals surface area contributed by atoms with E-state index >= 15 is 0 Å². The molecule has 3 amide bonds. The van der Waals surface area contributed by atoms with E-state index in [-0.39, 0.29) is 17.7 Å². The lowest BCUT2D eigenvalue weighted by molar-refractivity contribution is -0.140. The molecule has 27 heavy (non-hydrogen) atoms. The minimum atomic E-state index is -0.960. The Kier molecular flexibility index (Phi) is 4.57. The first kappa shape index (κ1) is 19.1. The molecular formula is C20H24N2O5. The highest BCUT2D eigenvalue weighted by atomic mass is 16.4. The fourth-order valence-corrected chi connectivity index (χ4v) is 4.25. The summed E-state index contributed by atoms with van der Waals surface area (Å²) in [6.07, 6.45) is 1.32. The molecule has 0 unspecified atom stereocenters. The van der Waals surface area contributed by atoms with Gasteiger partial charge in [-0.2, -0.15) is 0 Å². The van der Waals surface area contributed by atoms with E-state index in [1.165, 1.54) is 0 Å². The highest BCUT2D eigenvalue weighted by Crippen LogP contribution is 2.58. The first-order valence-electron chi connectivity index (χ1n) is 9.12. The maximum atomic E-state index is 12.4. The largest absolute Gasteiger partial charge is 0.481 e. The molecule has 3 N–H and O–H groups in total. The van der Waals surface area contributed by atoms with Crippen LogP contribution in [-0.4, -0.2) is 28.8 Å². The summed E-state index contributed by atoms with van der Waals surface area (Å²) in [6.45, 7) is 5.45. The number of carboxylic acid groups (broad SMARTS) is 1. The average Bonchev–Trinajstić information content (AvgIpc) is 3.19. The molecule has 1 heterocycles. The van der Waals surface area contributed by atoms with Crippen LogP contribution in [0.4, 0.5) is 5.69 Å². The van der Waals surface area contributed by atoms with Crippen LogP contribution in [0.25, 0.3) is 0 Å². The first-order chi connectivity index (χ1) is 12.6. The lowest BCUT2D eigenvalue weighted by Gasteiger charge is -2.35. The molecule has 7 heteroatoms. The third kappa shape index (κ3) is 3.11. The van der Waals surface area contributed by atoms with E-state index in [9.17, 15) is 24.3 Å². The number of aliphatic carboxylic acids is 1. The van der Waals surface area contributed by atoms with Crippen LogP contribution in [0, 0.1) is 17.3 Å². The second-order valence-corrected chi connectivity index (χ2v) is 7.99. The quantitative estimate of drug-likeness (QED) is 0.685. The van der Waals surface area contributed by atoms with Gasteiger partial charge in [0, 0.05) is 12.1 Å². The maximum absolute atomic E-state index is 12.4. The Hall–Kier alpha value is -2.70. The van der Waals surface area contributed by atoms with Crippen molar-refractivity contribution >= 4 is 29.4 Å². The van der Waals surface area contributed by atoms with E-state index in [1.807, 2.05) is 6.92 Å². The van der Waals surface area contributed by atoms with Crippen molar-refractivity contribution in [2.24, 2.45) is 17.3 Å². The highest BCUT2D eigenvalue weighted by Gasteiger charge is 2.65. The van der Waals surface area contributed by atoms with Crippen molar-refractivity contribution in [1.82, 2.24) is 5.32 Å². The summed E-state index contributed by atoms with van der Waals surface area (Å²) in [5.74, 6) is -3.06. The summed E-state index contributed by atoms with van der Waals surface area (Å²) in [4.78, 5) is 47.6. The van der Waals surface area contributed by atoms with E-state index in [2.05, 4.69) is 10.6 Å². The summed E-state index contributed by atoms with van der Waals surface area (Å²) in [5, 5.41) is 14.4. The molecule has 1 saturated carbocycles. The van der Waals surface area contributed by atoms with Crippen molar-refractivity contribution in [2.45, 2.75) is 45.4 Å². The Balaban J connectivity index is 1.74. The van der Waals surface area contributed by atoms with E-state index in [0.717, 1.165) is 5.56 Å². The molecule has 1 aliphatic carbocycles. The zero-order chi connectivity index (χ0) is 20.0. The molecule has 144 valence electrons. The summed E-state index contributed by atoms with van der Waals surface area (Å²) in [6, 6.07) is 6.97. The SMILES string of the molecule is CC[C@]1(c2ccc(NC(=O)[C@@H]3[C@@H](C(=O)O)C3(C)C)cc2)CCC(=O)NC1=O. The lowest BCUT2D eigenvalue weighted by atomic mass is 9.72. The van der Waals surface area contributed by atoms with Gasteiger partial charge in [-0.05, 0) is 36.0 Å². The highest BCUT2D eigenvalue weighted by molar-refractivity contribution is 6.03.